The molecule has 0 aromatic heterocycles. The van der Waals surface area contributed by atoms with E-state index in [9.17, 15) is 4.79 Å². The highest BCUT2D eigenvalue weighted by molar-refractivity contribution is 6.31. The van der Waals surface area contributed by atoms with Crippen LogP contribution in [0.2, 0.25) is 5.02 Å². The number of ether oxygens (including phenoxy) is 1. The molecule has 0 atom stereocenters. The number of carbonyl (C=O) groups is 1. The molecule has 98 valence electrons. The van der Waals surface area contributed by atoms with Gasteiger partial charge in [0.2, 0.25) is 0 Å². The first-order valence-corrected chi connectivity index (χ1v) is 6.03. The fraction of sp³-hybridized carbons (Fsp3) is 0.357. The Balaban J connectivity index is 3.50. The van der Waals surface area contributed by atoms with Crippen LogP contribution in [0.3, 0.4) is 0 Å². The van der Waals surface area contributed by atoms with Crippen molar-refractivity contribution in [2.24, 2.45) is 5.92 Å². The van der Waals surface area contributed by atoms with E-state index in [1.165, 1.54) is 6.08 Å². The molecule has 1 aromatic rings. The summed E-state index contributed by atoms with van der Waals surface area (Å²) in [6.45, 7) is 5.75. The second kappa shape index (κ2) is 5.91. The number of carboxylic acid groups (broad SMARTS) is 1. The molecule has 0 fully saturated rings. The number of aryl methyl sites for hydroxylation is 1. The van der Waals surface area contributed by atoms with Crippen molar-refractivity contribution in [3.05, 3.63) is 34.4 Å². The third-order valence-corrected chi connectivity index (χ3v) is 2.87. The first-order chi connectivity index (χ1) is 8.36. The van der Waals surface area contributed by atoms with Gasteiger partial charge in [-0.15, -0.1) is 0 Å². The topological polar surface area (TPSA) is 46.5 Å². The minimum Gasteiger partial charge on any atom is -0.496 e. The van der Waals surface area contributed by atoms with E-state index in [4.69, 9.17) is 21.4 Å². The number of hydrogen-bond acceptors (Lipinski definition) is 2. The molecular formula is C14H17ClO3. The van der Waals surface area contributed by atoms with Gasteiger partial charge in [0.25, 0.3) is 0 Å². The number of allylic oxidation sites excluding steroid dienone is 1. The summed E-state index contributed by atoms with van der Waals surface area (Å²) in [5.74, 6) is -0.244. The van der Waals surface area contributed by atoms with Crippen LogP contribution in [0.1, 0.15) is 25.0 Å². The monoisotopic (exact) mass is 268 g/mol. The van der Waals surface area contributed by atoms with Crippen LogP contribution in [-0.4, -0.2) is 18.2 Å². The van der Waals surface area contributed by atoms with Crippen molar-refractivity contribution < 1.29 is 14.6 Å². The predicted octanol–water partition coefficient (Wildman–Crippen LogP) is 3.78. The molecule has 0 heterocycles. The van der Waals surface area contributed by atoms with Crippen LogP contribution in [-0.2, 0) is 4.79 Å². The average Bonchev–Trinajstić information content (AvgIpc) is 2.24. The molecule has 1 N–H and O–H groups in total. The summed E-state index contributed by atoms with van der Waals surface area (Å²) in [6.07, 6.45) is 1.21. The van der Waals surface area contributed by atoms with Crippen LogP contribution in [0.4, 0.5) is 0 Å². The van der Waals surface area contributed by atoms with Crippen LogP contribution >= 0.6 is 11.6 Å². The molecular weight excluding hydrogens is 252 g/mol. The zero-order chi connectivity index (χ0) is 13.9. The second-order valence-corrected chi connectivity index (χ2v) is 4.83. The van der Waals surface area contributed by atoms with Crippen LogP contribution in [0.5, 0.6) is 5.75 Å². The molecule has 1 rings (SSSR count). The second-order valence-electron chi connectivity index (χ2n) is 4.40. The maximum absolute atomic E-state index is 10.9. The van der Waals surface area contributed by atoms with Crippen LogP contribution < -0.4 is 4.74 Å². The Kier molecular flexibility index (Phi) is 4.79. The van der Waals surface area contributed by atoms with Gasteiger partial charge in [-0.2, -0.15) is 0 Å². The molecule has 0 aliphatic carbocycles. The summed E-state index contributed by atoms with van der Waals surface area (Å²) in [5.41, 5.74) is 2.32. The van der Waals surface area contributed by atoms with Gasteiger partial charge in [-0.05, 0) is 36.1 Å². The number of benzene rings is 1. The Morgan fingerprint density at radius 2 is 2.06 bits per heavy atom. The third kappa shape index (κ3) is 3.26. The maximum atomic E-state index is 10.9. The summed E-state index contributed by atoms with van der Waals surface area (Å²) in [4.78, 5) is 10.9. The Hall–Kier alpha value is -1.48. The highest BCUT2D eigenvalue weighted by atomic mass is 35.5. The van der Waals surface area contributed by atoms with E-state index < -0.39 is 5.97 Å². The SMILES string of the molecule is COc1c(C)cc(Cl)cc1/C(=C/C(=O)O)C(C)C. The molecule has 4 heteroatoms. The van der Waals surface area contributed by atoms with Crippen molar-refractivity contribution in [1.29, 1.82) is 0 Å². The highest BCUT2D eigenvalue weighted by Crippen LogP contribution is 2.35. The number of aliphatic carboxylic acids is 1. The van der Waals surface area contributed by atoms with Crippen molar-refractivity contribution in [1.82, 2.24) is 0 Å². The number of methoxy groups -OCH3 is 1. The molecule has 0 saturated heterocycles. The van der Waals surface area contributed by atoms with Crippen molar-refractivity contribution in [2.75, 3.05) is 7.11 Å². The summed E-state index contributed by atoms with van der Waals surface area (Å²) < 4.78 is 5.35. The largest absolute Gasteiger partial charge is 0.496 e. The molecule has 0 amide bonds. The van der Waals surface area contributed by atoms with Crippen LogP contribution in [0, 0.1) is 12.8 Å². The molecule has 18 heavy (non-hydrogen) atoms. The van der Waals surface area contributed by atoms with E-state index in [0.29, 0.717) is 16.3 Å². The Morgan fingerprint density at radius 1 is 1.44 bits per heavy atom. The fourth-order valence-electron chi connectivity index (χ4n) is 1.90. The van der Waals surface area contributed by atoms with Gasteiger partial charge in [0.15, 0.2) is 0 Å². The first-order valence-electron chi connectivity index (χ1n) is 5.65. The third-order valence-electron chi connectivity index (χ3n) is 2.66. The van der Waals surface area contributed by atoms with Gasteiger partial charge < -0.3 is 9.84 Å². The van der Waals surface area contributed by atoms with E-state index in [1.54, 1.807) is 19.2 Å². The molecule has 0 saturated carbocycles. The minimum atomic E-state index is -0.974. The van der Waals surface area contributed by atoms with E-state index in [-0.39, 0.29) is 5.92 Å². The quantitative estimate of drug-likeness (QED) is 0.846. The smallest absolute Gasteiger partial charge is 0.328 e. The molecule has 1 aromatic carbocycles. The number of carboxylic acids is 1. The molecule has 0 unspecified atom stereocenters. The minimum absolute atomic E-state index is 0.0628. The zero-order valence-corrected chi connectivity index (χ0v) is 11.7. The van der Waals surface area contributed by atoms with E-state index >= 15 is 0 Å². The number of hydrogen-bond donors (Lipinski definition) is 1. The van der Waals surface area contributed by atoms with Crippen LogP contribution in [0.25, 0.3) is 5.57 Å². The molecule has 0 aliphatic rings. The van der Waals surface area contributed by atoms with E-state index in [1.807, 2.05) is 20.8 Å². The normalized spacial score (nSPS) is 11.8. The summed E-state index contributed by atoms with van der Waals surface area (Å²) in [6, 6.07) is 3.53. The summed E-state index contributed by atoms with van der Waals surface area (Å²) >= 11 is 6.03. The van der Waals surface area contributed by atoms with Crippen molar-refractivity contribution >= 4 is 23.1 Å². The van der Waals surface area contributed by atoms with Crippen molar-refractivity contribution in [2.45, 2.75) is 20.8 Å². The van der Waals surface area contributed by atoms with Gasteiger partial charge in [-0.1, -0.05) is 25.4 Å². The van der Waals surface area contributed by atoms with Gasteiger partial charge in [0.05, 0.1) is 7.11 Å². The Labute approximate surface area is 112 Å². The van der Waals surface area contributed by atoms with Crippen molar-refractivity contribution in [3.63, 3.8) is 0 Å². The van der Waals surface area contributed by atoms with Crippen molar-refractivity contribution in [3.8, 4) is 5.75 Å². The lowest BCUT2D eigenvalue weighted by atomic mass is 9.93. The Bertz CT molecular complexity index is 490. The van der Waals surface area contributed by atoms with E-state index in [2.05, 4.69) is 0 Å². The lowest BCUT2D eigenvalue weighted by Crippen LogP contribution is -2.02. The van der Waals surface area contributed by atoms with Gasteiger partial charge >= 0.3 is 5.97 Å². The highest BCUT2D eigenvalue weighted by Gasteiger charge is 2.16. The standard InChI is InChI=1S/C14H17ClO3/c1-8(2)11(7-13(16)17)12-6-10(15)5-9(3)14(12)18-4/h5-8H,1-4H3,(H,16,17)/b11-7+. The lowest BCUT2D eigenvalue weighted by molar-refractivity contribution is -0.131. The number of rotatable bonds is 4. The van der Waals surface area contributed by atoms with Gasteiger partial charge in [0.1, 0.15) is 5.75 Å². The van der Waals surface area contributed by atoms with Gasteiger partial charge in [0, 0.05) is 16.7 Å². The lowest BCUT2D eigenvalue weighted by Gasteiger charge is -2.17. The maximum Gasteiger partial charge on any atom is 0.328 e. The average molecular weight is 269 g/mol. The first kappa shape index (κ1) is 14.6. The Morgan fingerprint density at radius 3 is 2.50 bits per heavy atom. The molecule has 0 spiro atoms. The predicted molar refractivity (Wildman–Crippen MR) is 73.2 cm³/mol. The summed E-state index contributed by atoms with van der Waals surface area (Å²) in [5, 5.41) is 9.52. The molecule has 3 nitrogen and oxygen atoms in total. The van der Waals surface area contributed by atoms with Gasteiger partial charge in [-0.3, -0.25) is 0 Å². The summed E-state index contributed by atoms with van der Waals surface area (Å²) in [7, 11) is 1.57. The fourth-order valence-corrected chi connectivity index (χ4v) is 2.18. The molecule has 0 aliphatic heterocycles. The number of halogens is 1. The zero-order valence-electron chi connectivity index (χ0n) is 11.0. The van der Waals surface area contributed by atoms with Crippen LogP contribution in [0.15, 0.2) is 18.2 Å². The molecule has 0 bridgehead atoms. The van der Waals surface area contributed by atoms with Gasteiger partial charge in [-0.25, -0.2) is 4.79 Å². The van der Waals surface area contributed by atoms with E-state index in [0.717, 1.165) is 11.1 Å². The molecule has 0 radical (unpaired) electrons.